The van der Waals surface area contributed by atoms with Crippen molar-refractivity contribution in [2.75, 3.05) is 38.1 Å². The summed E-state index contributed by atoms with van der Waals surface area (Å²) in [6, 6.07) is 3.77. The number of carbonyl (C=O) groups is 2. The molecule has 120 valence electrons. The molecule has 0 aromatic heterocycles. The van der Waals surface area contributed by atoms with Gasteiger partial charge in [-0.25, -0.2) is 14.0 Å². The molecule has 3 amide bonds. The molecule has 6 nitrogen and oxygen atoms in total. The smallest absolute Gasteiger partial charge is 0.409 e. The van der Waals surface area contributed by atoms with Crippen molar-refractivity contribution in [1.82, 2.24) is 9.80 Å². The first-order chi connectivity index (χ1) is 10.5. The molecule has 1 heterocycles. The summed E-state index contributed by atoms with van der Waals surface area (Å²) in [4.78, 5) is 26.9. The number of ether oxygens (including phenoxy) is 1. The van der Waals surface area contributed by atoms with Crippen LogP contribution in [0.3, 0.4) is 0 Å². The zero-order chi connectivity index (χ0) is 16.1. The Morgan fingerprint density at radius 3 is 2.50 bits per heavy atom. The maximum atomic E-state index is 13.0. The van der Waals surface area contributed by atoms with Crippen LogP contribution < -0.4 is 5.32 Å². The SMILES string of the molecule is CCOC(=O)N1CCN(C(=O)Nc2ccc(F)cc2Br)CC1. The molecule has 1 aromatic carbocycles. The molecule has 0 spiro atoms. The van der Waals surface area contributed by atoms with E-state index in [2.05, 4.69) is 21.2 Å². The summed E-state index contributed by atoms with van der Waals surface area (Å²) < 4.78 is 18.4. The first-order valence-electron chi connectivity index (χ1n) is 6.94. The van der Waals surface area contributed by atoms with Crippen LogP contribution in [0.2, 0.25) is 0 Å². The molecule has 1 aliphatic rings. The Morgan fingerprint density at radius 2 is 1.91 bits per heavy atom. The van der Waals surface area contributed by atoms with Crippen LogP contribution in [-0.4, -0.2) is 54.7 Å². The lowest BCUT2D eigenvalue weighted by Crippen LogP contribution is -2.51. The zero-order valence-electron chi connectivity index (χ0n) is 12.1. The number of urea groups is 1. The van der Waals surface area contributed by atoms with Crippen molar-refractivity contribution in [2.45, 2.75) is 6.92 Å². The maximum Gasteiger partial charge on any atom is 0.409 e. The summed E-state index contributed by atoms with van der Waals surface area (Å²) in [5.41, 5.74) is 0.499. The molecular formula is C14H17BrFN3O3. The summed E-state index contributed by atoms with van der Waals surface area (Å²) in [5.74, 6) is -0.382. The quantitative estimate of drug-likeness (QED) is 0.866. The fraction of sp³-hybridized carbons (Fsp3) is 0.429. The van der Waals surface area contributed by atoms with Gasteiger partial charge in [0.25, 0.3) is 0 Å². The summed E-state index contributed by atoms with van der Waals surface area (Å²) in [6.07, 6.45) is -0.358. The molecule has 8 heteroatoms. The van der Waals surface area contributed by atoms with Gasteiger partial charge in [-0.15, -0.1) is 0 Å². The largest absolute Gasteiger partial charge is 0.450 e. The average Bonchev–Trinajstić information content (AvgIpc) is 2.50. The second-order valence-corrected chi connectivity index (χ2v) is 5.58. The van der Waals surface area contributed by atoms with Crippen molar-refractivity contribution in [1.29, 1.82) is 0 Å². The van der Waals surface area contributed by atoms with E-state index in [0.717, 1.165) is 0 Å². The molecular weight excluding hydrogens is 357 g/mol. The maximum absolute atomic E-state index is 13.0. The van der Waals surface area contributed by atoms with Gasteiger partial charge in [-0.3, -0.25) is 0 Å². The van der Waals surface area contributed by atoms with Gasteiger partial charge in [0.1, 0.15) is 5.82 Å². The number of anilines is 1. The van der Waals surface area contributed by atoms with Gasteiger partial charge in [-0.2, -0.15) is 0 Å². The topological polar surface area (TPSA) is 61.9 Å². The number of piperazine rings is 1. The highest BCUT2D eigenvalue weighted by Gasteiger charge is 2.25. The van der Waals surface area contributed by atoms with E-state index in [4.69, 9.17) is 4.74 Å². The zero-order valence-corrected chi connectivity index (χ0v) is 13.7. The Morgan fingerprint density at radius 1 is 1.27 bits per heavy atom. The van der Waals surface area contributed by atoms with Gasteiger partial charge in [0.2, 0.25) is 0 Å². The number of carbonyl (C=O) groups excluding carboxylic acids is 2. The molecule has 1 aromatic rings. The molecule has 22 heavy (non-hydrogen) atoms. The molecule has 1 fully saturated rings. The van der Waals surface area contributed by atoms with Crippen molar-refractivity contribution in [3.05, 3.63) is 28.5 Å². The predicted octanol–water partition coefficient (Wildman–Crippen LogP) is 2.89. The number of nitrogens with zero attached hydrogens (tertiary/aromatic N) is 2. The molecule has 0 aliphatic carbocycles. The number of amides is 3. The van der Waals surface area contributed by atoms with E-state index in [9.17, 15) is 14.0 Å². The minimum Gasteiger partial charge on any atom is -0.450 e. The minimum absolute atomic E-state index is 0.282. The average molecular weight is 374 g/mol. The van der Waals surface area contributed by atoms with E-state index in [-0.39, 0.29) is 17.9 Å². The first kappa shape index (κ1) is 16.5. The second kappa shape index (κ2) is 7.44. The lowest BCUT2D eigenvalue weighted by molar-refractivity contribution is 0.0868. The number of nitrogens with one attached hydrogen (secondary N) is 1. The monoisotopic (exact) mass is 373 g/mol. The van der Waals surface area contributed by atoms with Gasteiger partial charge in [0.15, 0.2) is 0 Å². The Bertz CT molecular complexity index is 562. The van der Waals surface area contributed by atoms with Crippen LogP contribution in [0.1, 0.15) is 6.92 Å². The molecule has 0 radical (unpaired) electrons. The van der Waals surface area contributed by atoms with Crippen molar-refractivity contribution in [2.24, 2.45) is 0 Å². The Labute approximate surface area is 136 Å². The summed E-state index contributed by atoms with van der Waals surface area (Å²) >= 11 is 3.20. The molecule has 1 N–H and O–H groups in total. The van der Waals surface area contributed by atoms with Crippen LogP contribution in [0.15, 0.2) is 22.7 Å². The fourth-order valence-corrected chi connectivity index (χ4v) is 2.54. The van der Waals surface area contributed by atoms with Gasteiger partial charge in [-0.05, 0) is 41.1 Å². The van der Waals surface area contributed by atoms with Crippen molar-refractivity contribution in [3.63, 3.8) is 0 Å². The Kier molecular flexibility index (Phi) is 5.59. The van der Waals surface area contributed by atoms with E-state index in [1.807, 2.05) is 0 Å². The van der Waals surface area contributed by atoms with Crippen LogP contribution in [0.25, 0.3) is 0 Å². The van der Waals surface area contributed by atoms with Crippen LogP contribution in [0.4, 0.5) is 19.7 Å². The van der Waals surface area contributed by atoms with Gasteiger partial charge >= 0.3 is 12.1 Å². The standard InChI is InChI=1S/C14H17BrFN3O3/c1-2-22-14(21)19-7-5-18(6-8-19)13(20)17-12-4-3-10(16)9-11(12)15/h3-4,9H,2,5-8H2,1H3,(H,17,20). The molecule has 1 aliphatic heterocycles. The molecule has 0 atom stereocenters. The van der Waals surface area contributed by atoms with Gasteiger partial charge < -0.3 is 19.9 Å². The minimum atomic E-state index is -0.382. The van der Waals surface area contributed by atoms with Crippen LogP contribution in [-0.2, 0) is 4.74 Å². The van der Waals surface area contributed by atoms with E-state index in [1.54, 1.807) is 16.7 Å². The first-order valence-corrected chi connectivity index (χ1v) is 7.73. The van der Waals surface area contributed by atoms with Crippen LogP contribution >= 0.6 is 15.9 Å². The number of rotatable bonds is 2. The van der Waals surface area contributed by atoms with Gasteiger partial charge in [-0.1, -0.05) is 0 Å². The highest BCUT2D eigenvalue weighted by molar-refractivity contribution is 9.10. The highest BCUT2D eigenvalue weighted by atomic mass is 79.9. The third-order valence-electron chi connectivity index (χ3n) is 3.27. The third kappa shape index (κ3) is 4.09. The number of halogens is 2. The number of hydrogen-bond donors (Lipinski definition) is 1. The molecule has 0 bridgehead atoms. The number of hydrogen-bond acceptors (Lipinski definition) is 3. The summed E-state index contributed by atoms with van der Waals surface area (Å²) in [7, 11) is 0. The van der Waals surface area contributed by atoms with Crippen molar-refractivity contribution < 1.29 is 18.7 Å². The fourth-order valence-electron chi connectivity index (χ4n) is 2.09. The summed E-state index contributed by atoms with van der Waals surface area (Å²) in [5, 5.41) is 2.72. The lowest BCUT2D eigenvalue weighted by Gasteiger charge is -2.34. The normalized spacial score (nSPS) is 14.7. The Balaban J connectivity index is 1.88. The van der Waals surface area contributed by atoms with Crippen molar-refractivity contribution in [3.8, 4) is 0 Å². The van der Waals surface area contributed by atoms with Crippen molar-refractivity contribution >= 4 is 33.7 Å². The van der Waals surface area contributed by atoms with Crippen LogP contribution in [0.5, 0.6) is 0 Å². The third-order valence-corrected chi connectivity index (χ3v) is 3.92. The number of benzene rings is 1. The lowest BCUT2D eigenvalue weighted by atomic mass is 10.3. The molecule has 0 saturated carbocycles. The van der Waals surface area contributed by atoms with Crippen LogP contribution in [0, 0.1) is 5.82 Å². The van der Waals surface area contributed by atoms with E-state index in [1.165, 1.54) is 18.2 Å². The predicted molar refractivity (Wildman–Crippen MR) is 83.3 cm³/mol. The molecule has 0 unspecified atom stereocenters. The van der Waals surface area contributed by atoms with Gasteiger partial charge in [0.05, 0.1) is 12.3 Å². The Hall–Kier alpha value is -1.83. The second-order valence-electron chi connectivity index (χ2n) is 4.73. The van der Waals surface area contributed by atoms with Gasteiger partial charge in [0, 0.05) is 30.7 Å². The van der Waals surface area contributed by atoms with E-state index in [0.29, 0.717) is 42.9 Å². The molecule has 1 saturated heterocycles. The van der Waals surface area contributed by atoms with E-state index >= 15 is 0 Å². The highest BCUT2D eigenvalue weighted by Crippen LogP contribution is 2.23. The molecule has 2 rings (SSSR count). The summed E-state index contributed by atoms with van der Waals surface area (Å²) in [6.45, 7) is 3.78. The van der Waals surface area contributed by atoms with E-state index < -0.39 is 0 Å².